The molecule has 1 saturated carbocycles. The average Bonchev–Trinajstić information content (AvgIpc) is 2.76. The van der Waals surface area contributed by atoms with E-state index in [2.05, 4.69) is 17.2 Å². The van der Waals surface area contributed by atoms with Crippen molar-refractivity contribution in [2.24, 2.45) is 10.7 Å². The van der Waals surface area contributed by atoms with Crippen LogP contribution in [-0.2, 0) is 4.79 Å². The highest BCUT2D eigenvalue weighted by atomic mass is 32.2. The second-order valence-corrected chi connectivity index (χ2v) is 9.26. The van der Waals surface area contributed by atoms with Gasteiger partial charge in [0.1, 0.15) is 12.5 Å². The number of ether oxygens (including phenoxy) is 1. The molecule has 1 aromatic rings. The number of nitrogens with two attached hydrogens (primary N) is 1. The molecule has 2 aliphatic rings. The maximum Gasteiger partial charge on any atom is 0.168 e. The quantitative estimate of drug-likeness (QED) is 0.636. The zero-order valence-electron chi connectivity index (χ0n) is 19.9. The van der Waals surface area contributed by atoms with E-state index >= 15 is 0 Å². The fraction of sp³-hybridized carbons (Fsp3) is 0.583. The first-order chi connectivity index (χ1) is 15.2. The van der Waals surface area contributed by atoms with Crippen molar-refractivity contribution >= 4 is 30.0 Å². The third-order valence-electron chi connectivity index (χ3n) is 5.23. The van der Waals surface area contributed by atoms with Crippen molar-refractivity contribution in [3.63, 3.8) is 0 Å². The van der Waals surface area contributed by atoms with Crippen LogP contribution < -0.4 is 15.8 Å². The SMILES string of the molecule is C=O.CCOc1cc(F)c(F)c(/C(N)=C2\CCCCC2=NC(C)C)c1.CNC1(C)CSC1. The number of halogens is 2. The van der Waals surface area contributed by atoms with E-state index in [1.807, 2.05) is 39.4 Å². The Morgan fingerprint density at radius 1 is 1.28 bits per heavy atom. The van der Waals surface area contributed by atoms with E-state index in [0.717, 1.165) is 43.0 Å². The molecule has 0 bridgehead atoms. The predicted octanol–water partition coefficient (Wildman–Crippen LogP) is 4.98. The Balaban J connectivity index is 0.000000477. The number of nitrogens with one attached hydrogen (secondary N) is 1. The van der Waals surface area contributed by atoms with Crippen molar-refractivity contribution in [3.8, 4) is 5.75 Å². The highest BCUT2D eigenvalue weighted by Gasteiger charge is 2.29. The van der Waals surface area contributed by atoms with Gasteiger partial charge in [-0.25, -0.2) is 8.78 Å². The Bertz CT molecular complexity index is 803. The summed E-state index contributed by atoms with van der Waals surface area (Å²) in [5.41, 5.74) is 8.75. The van der Waals surface area contributed by atoms with Gasteiger partial charge in [-0.2, -0.15) is 11.8 Å². The van der Waals surface area contributed by atoms with Gasteiger partial charge in [-0.05, 0) is 72.1 Å². The fourth-order valence-corrected chi connectivity index (χ4v) is 4.46. The Labute approximate surface area is 195 Å². The maximum atomic E-state index is 14.2. The monoisotopic (exact) mass is 469 g/mol. The number of carbonyl (C=O) groups excluding carboxylic acids is 1. The summed E-state index contributed by atoms with van der Waals surface area (Å²) in [7, 11) is 2.03. The van der Waals surface area contributed by atoms with Crippen LogP contribution in [-0.4, -0.2) is 49.2 Å². The molecule has 1 heterocycles. The second-order valence-electron chi connectivity index (χ2n) is 8.27. The zero-order valence-corrected chi connectivity index (χ0v) is 20.7. The van der Waals surface area contributed by atoms with Crippen LogP contribution in [0.5, 0.6) is 5.75 Å². The summed E-state index contributed by atoms with van der Waals surface area (Å²) < 4.78 is 33.4. The third-order valence-corrected chi connectivity index (χ3v) is 6.91. The summed E-state index contributed by atoms with van der Waals surface area (Å²) >= 11 is 2.01. The van der Waals surface area contributed by atoms with Gasteiger partial charge in [-0.15, -0.1) is 0 Å². The molecule has 3 rings (SSSR count). The Hall–Kier alpha value is -1.93. The molecule has 1 aliphatic heterocycles. The lowest BCUT2D eigenvalue weighted by Gasteiger charge is -2.37. The molecule has 1 saturated heterocycles. The number of rotatable bonds is 5. The van der Waals surface area contributed by atoms with Gasteiger partial charge in [0.2, 0.25) is 0 Å². The number of aliphatic imine (C=N–C) groups is 1. The molecule has 0 amide bonds. The van der Waals surface area contributed by atoms with Crippen LogP contribution in [0.1, 0.15) is 58.9 Å². The van der Waals surface area contributed by atoms with E-state index < -0.39 is 11.6 Å². The van der Waals surface area contributed by atoms with Crippen LogP contribution in [0.4, 0.5) is 8.78 Å². The summed E-state index contributed by atoms with van der Waals surface area (Å²) in [6.45, 7) is 10.4. The zero-order chi connectivity index (χ0) is 24.3. The van der Waals surface area contributed by atoms with Crippen LogP contribution in [0.25, 0.3) is 5.70 Å². The van der Waals surface area contributed by atoms with Gasteiger partial charge in [0, 0.05) is 46.1 Å². The minimum absolute atomic E-state index is 0.0572. The molecule has 8 heteroatoms. The molecule has 0 radical (unpaired) electrons. The molecule has 5 nitrogen and oxygen atoms in total. The number of carbonyl (C=O) groups is 1. The Kier molecular flexibility index (Phi) is 11.9. The smallest absolute Gasteiger partial charge is 0.168 e. The molecule has 180 valence electrons. The number of hydrogen-bond acceptors (Lipinski definition) is 6. The van der Waals surface area contributed by atoms with Crippen molar-refractivity contribution in [1.29, 1.82) is 0 Å². The predicted molar refractivity (Wildman–Crippen MR) is 132 cm³/mol. The number of nitrogens with zero attached hydrogens (tertiary/aromatic N) is 1. The molecule has 1 aliphatic carbocycles. The van der Waals surface area contributed by atoms with Gasteiger partial charge >= 0.3 is 0 Å². The van der Waals surface area contributed by atoms with E-state index in [1.54, 1.807) is 6.92 Å². The Morgan fingerprint density at radius 2 is 1.91 bits per heavy atom. The molecule has 0 atom stereocenters. The molecule has 0 spiro atoms. The molecular formula is C24H37F2N3O2S. The van der Waals surface area contributed by atoms with Crippen molar-refractivity contribution in [3.05, 3.63) is 34.9 Å². The topological polar surface area (TPSA) is 76.7 Å². The van der Waals surface area contributed by atoms with Gasteiger partial charge < -0.3 is 20.6 Å². The largest absolute Gasteiger partial charge is 0.494 e. The lowest BCUT2D eigenvalue weighted by Crippen LogP contribution is -2.51. The Morgan fingerprint density at radius 3 is 2.38 bits per heavy atom. The molecular weight excluding hydrogens is 432 g/mol. The summed E-state index contributed by atoms with van der Waals surface area (Å²) in [4.78, 5) is 12.6. The van der Waals surface area contributed by atoms with Crippen LogP contribution in [0.3, 0.4) is 0 Å². The van der Waals surface area contributed by atoms with Gasteiger partial charge in [0.15, 0.2) is 11.6 Å². The fourth-order valence-electron chi connectivity index (χ4n) is 3.36. The van der Waals surface area contributed by atoms with E-state index in [4.69, 9.17) is 15.3 Å². The van der Waals surface area contributed by atoms with Crippen LogP contribution in [0.2, 0.25) is 0 Å². The standard InChI is InChI=1S/C18H24F2N2O.C5H11NS.CH2O/c1-4-23-12-9-14(17(20)15(19)10-12)18(21)13-7-5-6-8-16(13)22-11(2)3;1-5(6-2)3-7-4-5;1-2/h9-11H,4-8,21H2,1-3H3;6H,3-4H2,1-2H3;1H2/b18-13-,22-16?;;. The minimum Gasteiger partial charge on any atom is -0.494 e. The first kappa shape index (κ1) is 28.1. The normalized spacial score (nSPS) is 19.8. The first-order valence-electron chi connectivity index (χ1n) is 10.9. The molecule has 32 heavy (non-hydrogen) atoms. The van der Waals surface area contributed by atoms with Gasteiger partial charge in [0.25, 0.3) is 0 Å². The van der Waals surface area contributed by atoms with E-state index in [9.17, 15) is 8.78 Å². The molecule has 1 aromatic carbocycles. The molecule has 3 N–H and O–H groups in total. The van der Waals surface area contributed by atoms with Crippen molar-refractivity contribution < 1.29 is 18.3 Å². The lowest BCUT2D eigenvalue weighted by atomic mass is 9.89. The highest BCUT2D eigenvalue weighted by molar-refractivity contribution is 8.00. The number of hydrogen-bond donors (Lipinski definition) is 2. The van der Waals surface area contributed by atoms with Gasteiger partial charge in [-0.3, -0.25) is 4.99 Å². The summed E-state index contributed by atoms with van der Waals surface area (Å²) in [5.74, 6) is 0.955. The van der Waals surface area contributed by atoms with Crippen LogP contribution in [0, 0.1) is 11.6 Å². The number of thioether (sulfide) groups is 1. The number of benzene rings is 1. The van der Waals surface area contributed by atoms with Crippen molar-refractivity contribution in [2.75, 3.05) is 25.2 Å². The highest BCUT2D eigenvalue weighted by Crippen LogP contribution is 2.31. The third kappa shape index (κ3) is 7.89. The minimum atomic E-state index is -0.951. The number of allylic oxidation sites excluding steroid dienone is 1. The van der Waals surface area contributed by atoms with Gasteiger partial charge in [0.05, 0.1) is 6.61 Å². The summed E-state index contributed by atoms with van der Waals surface area (Å²) in [5, 5.41) is 3.26. The van der Waals surface area contributed by atoms with E-state index in [0.29, 0.717) is 12.1 Å². The van der Waals surface area contributed by atoms with Crippen LogP contribution in [0.15, 0.2) is 22.7 Å². The summed E-state index contributed by atoms with van der Waals surface area (Å²) in [6.07, 6.45) is 3.57. The van der Waals surface area contributed by atoms with E-state index in [-0.39, 0.29) is 23.1 Å². The lowest BCUT2D eigenvalue weighted by molar-refractivity contribution is -0.0980. The van der Waals surface area contributed by atoms with E-state index in [1.165, 1.54) is 17.6 Å². The molecule has 0 unspecified atom stereocenters. The van der Waals surface area contributed by atoms with Crippen LogP contribution >= 0.6 is 11.8 Å². The second kappa shape index (κ2) is 13.6. The van der Waals surface area contributed by atoms with Crippen molar-refractivity contribution in [2.45, 2.75) is 65.0 Å². The summed E-state index contributed by atoms with van der Waals surface area (Å²) in [6, 6.07) is 2.65. The average molecular weight is 470 g/mol. The van der Waals surface area contributed by atoms with Gasteiger partial charge in [-0.1, -0.05) is 0 Å². The molecule has 0 aromatic heterocycles. The van der Waals surface area contributed by atoms with Crippen molar-refractivity contribution in [1.82, 2.24) is 5.32 Å². The molecule has 2 fully saturated rings. The maximum absolute atomic E-state index is 14.2. The first-order valence-corrected chi connectivity index (χ1v) is 12.1.